The zero-order valence-electron chi connectivity index (χ0n) is 10.7. The minimum atomic E-state index is -0.443. The Balaban J connectivity index is 1.95. The van der Waals surface area contributed by atoms with Crippen LogP contribution < -0.4 is 5.32 Å². The first-order valence-electron chi connectivity index (χ1n) is 6.06. The molecule has 1 amide bonds. The van der Waals surface area contributed by atoms with E-state index in [2.05, 4.69) is 10.3 Å². The maximum atomic E-state index is 11.8. The summed E-state index contributed by atoms with van der Waals surface area (Å²) in [5, 5.41) is 3.20. The van der Waals surface area contributed by atoms with Gasteiger partial charge in [-0.2, -0.15) is 0 Å². The van der Waals surface area contributed by atoms with E-state index in [1.807, 2.05) is 27.0 Å². The summed E-state index contributed by atoms with van der Waals surface area (Å²) in [7, 11) is 0. The van der Waals surface area contributed by atoms with Crippen LogP contribution in [0.25, 0.3) is 0 Å². The van der Waals surface area contributed by atoms with E-state index >= 15 is 0 Å². The third-order valence-corrected chi connectivity index (χ3v) is 4.27. The summed E-state index contributed by atoms with van der Waals surface area (Å²) in [4.78, 5) is 16.3. The lowest BCUT2D eigenvalue weighted by Gasteiger charge is -2.45. The van der Waals surface area contributed by atoms with Gasteiger partial charge in [0.25, 0.3) is 0 Å². The molecule has 4 nitrogen and oxygen atoms in total. The summed E-state index contributed by atoms with van der Waals surface area (Å²) < 4.78 is 5.32. The van der Waals surface area contributed by atoms with Crippen LogP contribution in [0.15, 0.2) is 4.99 Å². The number of nitrogens with one attached hydrogen (secondary N) is 1. The average molecular weight is 256 g/mol. The number of amides is 1. The number of ether oxygens (including phenoxy) is 1. The number of thioether (sulfide) groups is 1. The van der Waals surface area contributed by atoms with E-state index in [-0.39, 0.29) is 17.0 Å². The first kappa shape index (κ1) is 12.7. The minimum absolute atomic E-state index is 0.167. The van der Waals surface area contributed by atoms with Gasteiger partial charge in [-0.3, -0.25) is 4.99 Å². The van der Waals surface area contributed by atoms with Gasteiger partial charge in [-0.25, -0.2) is 4.79 Å². The summed E-state index contributed by atoms with van der Waals surface area (Å²) >= 11 is 1.79. The molecule has 0 spiro atoms. The summed E-state index contributed by atoms with van der Waals surface area (Å²) in [6.07, 6.45) is 4.77. The molecule has 17 heavy (non-hydrogen) atoms. The normalized spacial score (nSPS) is 26.4. The fraction of sp³-hybridized carbons (Fsp3) is 0.833. The lowest BCUT2D eigenvalue weighted by Crippen LogP contribution is -2.59. The summed E-state index contributed by atoms with van der Waals surface area (Å²) in [6, 6.07) is 0. The maximum absolute atomic E-state index is 11.8. The van der Waals surface area contributed by atoms with Crippen molar-refractivity contribution >= 4 is 24.1 Å². The highest BCUT2D eigenvalue weighted by Gasteiger charge is 2.47. The topological polar surface area (TPSA) is 50.7 Å². The molecule has 0 aromatic heterocycles. The first-order valence-corrected chi connectivity index (χ1v) is 7.11. The van der Waals surface area contributed by atoms with Gasteiger partial charge in [0.2, 0.25) is 0 Å². The quantitative estimate of drug-likeness (QED) is 0.826. The van der Waals surface area contributed by atoms with Crippen molar-refractivity contribution in [3.8, 4) is 0 Å². The number of carbonyl (C=O) groups excluding carboxylic acids is 1. The summed E-state index contributed by atoms with van der Waals surface area (Å²) in [5.41, 5.74) is -0.610. The predicted molar refractivity (Wildman–Crippen MR) is 70.7 cm³/mol. The number of carbonyl (C=O) groups is 1. The first-order chi connectivity index (χ1) is 7.91. The molecule has 2 aliphatic rings. The molecule has 0 bridgehead atoms. The van der Waals surface area contributed by atoms with Gasteiger partial charge in [0.1, 0.15) is 11.0 Å². The van der Waals surface area contributed by atoms with Gasteiger partial charge in [-0.15, -0.1) is 11.8 Å². The fourth-order valence-corrected chi connectivity index (χ4v) is 3.26. The third-order valence-electron chi connectivity index (χ3n) is 3.04. The monoisotopic (exact) mass is 256 g/mol. The van der Waals surface area contributed by atoms with E-state index < -0.39 is 5.60 Å². The second-order valence-electron chi connectivity index (χ2n) is 5.65. The lowest BCUT2D eigenvalue weighted by atomic mass is 9.76. The van der Waals surface area contributed by atoms with E-state index in [0.29, 0.717) is 0 Å². The highest BCUT2D eigenvalue weighted by molar-refractivity contribution is 8.00. The lowest BCUT2D eigenvalue weighted by molar-refractivity contribution is 0.0382. The zero-order valence-corrected chi connectivity index (χ0v) is 11.5. The van der Waals surface area contributed by atoms with E-state index in [1.54, 1.807) is 11.8 Å². The molecular weight excluding hydrogens is 236 g/mol. The molecule has 1 aliphatic carbocycles. The SMILES string of the molecule is CC(C)(C)OC(=O)NC1(C2N=CCS2)CCC1. The molecule has 1 saturated carbocycles. The standard InChI is InChI=1S/C12H20N2O2S/c1-11(2,3)16-10(15)14-12(5-4-6-12)9-13-7-8-17-9/h7,9H,4-6,8H2,1-3H3,(H,14,15). The Kier molecular flexibility index (Phi) is 3.39. The Morgan fingerprint density at radius 2 is 2.24 bits per heavy atom. The van der Waals surface area contributed by atoms with Crippen LogP contribution in [0.5, 0.6) is 0 Å². The van der Waals surface area contributed by atoms with Crippen molar-refractivity contribution in [3.63, 3.8) is 0 Å². The Morgan fingerprint density at radius 3 is 2.65 bits per heavy atom. The summed E-state index contributed by atoms with van der Waals surface area (Å²) in [5.74, 6) is 0.947. The van der Waals surface area contributed by atoms with Crippen LogP contribution in [0.2, 0.25) is 0 Å². The van der Waals surface area contributed by atoms with E-state index in [4.69, 9.17) is 4.74 Å². The van der Waals surface area contributed by atoms with Crippen LogP contribution in [-0.2, 0) is 4.74 Å². The Bertz CT molecular complexity index is 332. The van der Waals surface area contributed by atoms with Crippen LogP contribution in [0, 0.1) is 0 Å². The minimum Gasteiger partial charge on any atom is -0.444 e. The van der Waals surface area contributed by atoms with Crippen LogP contribution >= 0.6 is 11.8 Å². The Morgan fingerprint density at radius 1 is 1.53 bits per heavy atom. The molecule has 0 aromatic rings. The predicted octanol–water partition coefficient (Wildman–Crippen LogP) is 2.58. The van der Waals surface area contributed by atoms with Gasteiger partial charge in [-0.1, -0.05) is 0 Å². The van der Waals surface area contributed by atoms with Gasteiger partial charge in [0.15, 0.2) is 0 Å². The molecule has 0 radical (unpaired) electrons. The molecule has 1 unspecified atom stereocenters. The van der Waals surface area contributed by atoms with Crippen LogP contribution in [0.3, 0.4) is 0 Å². The van der Waals surface area contributed by atoms with Gasteiger partial charge >= 0.3 is 6.09 Å². The third kappa shape index (κ3) is 2.94. The second-order valence-corrected chi connectivity index (χ2v) is 6.77. The van der Waals surface area contributed by atoms with Crippen molar-refractivity contribution < 1.29 is 9.53 Å². The molecule has 1 heterocycles. The fourth-order valence-electron chi connectivity index (χ4n) is 2.12. The molecule has 1 atom stereocenters. The molecule has 2 rings (SSSR count). The molecule has 96 valence electrons. The van der Waals surface area contributed by atoms with Crippen molar-refractivity contribution in [2.45, 2.75) is 56.5 Å². The van der Waals surface area contributed by atoms with E-state index in [0.717, 1.165) is 25.0 Å². The van der Waals surface area contributed by atoms with Gasteiger partial charge in [-0.05, 0) is 40.0 Å². The molecule has 5 heteroatoms. The van der Waals surface area contributed by atoms with Crippen molar-refractivity contribution in [2.24, 2.45) is 4.99 Å². The molecular formula is C12H20N2O2S. The summed E-state index contributed by atoms with van der Waals surface area (Å²) in [6.45, 7) is 5.63. The second kappa shape index (κ2) is 4.52. The molecule has 1 aliphatic heterocycles. The number of rotatable bonds is 2. The maximum Gasteiger partial charge on any atom is 0.408 e. The van der Waals surface area contributed by atoms with Crippen molar-refractivity contribution in [2.75, 3.05) is 5.75 Å². The van der Waals surface area contributed by atoms with Gasteiger partial charge in [0.05, 0.1) is 5.54 Å². The van der Waals surface area contributed by atoms with Crippen LogP contribution in [0.1, 0.15) is 40.0 Å². The Labute approximate surface area is 107 Å². The van der Waals surface area contributed by atoms with E-state index in [1.165, 1.54) is 0 Å². The van der Waals surface area contributed by atoms with Crippen molar-refractivity contribution in [1.29, 1.82) is 0 Å². The highest BCUT2D eigenvalue weighted by Crippen LogP contribution is 2.42. The average Bonchev–Trinajstić information content (AvgIpc) is 2.60. The number of hydrogen-bond donors (Lipinski definition) is 1. The molecule has 0 aromatic carbocycles. The largest absolute Gasteiger partial charge is 0.444 e. The van der Waals surface area contributed by atoms with Gasteiger partial charge in [0, 0.05) is 12.0 Å². The van der Waals surface area contributed by atoms with E-state index in [9.17, 15) is 4.79 Å². The molecule has 1 fully saturated rings. The van der Waals surface area contributed by atoms with Crippen molar-refractivity contribution in [3.05, 3.63) is 0 Å². The number of alkyl carbamates (subject to hydrolysis) is 1. The Hall–Kier alpha value is -0.710. The van der Waals surface area contributed by atoms with Crippen molar-refractivity contribution in [1.82, 2.24) is 5.32 Å². The smallest absolute Gasteiger partial charge is 0.408 e. The number of hydrogen-bond acceptors (Lipinski definition) is 4. The van der Waals surface area contributed by atoms with Crippen LogP contribution in [0.4, 0.5) is 4.79 Å². The number of aliphatic imine (C=N–C) groups is 1. The number of nitrogens with zero attached hydrogens (tertiary/aromatic N) is 1. The molecule has 0 saturated heterocycles. The highest BCUT2D eigenvalue weighted by atomic mass is 32.2. The van der Waals surface area contributed by atoms with Gasteiger partial charge < -0.3 is 10.1 Å². The van der Waals surface area contributed by atoms with Crippen LogP contribution in [-0.4, -0.2) is 34.6 Å². The molecule has 1 N–H and O–H groups in total. The zero-order chi connectivity index (χ0) is 12.5.